The zero-order valence-corrected chi connectivity index (χ0v) is 31.3. The van der Waals surface area contributed by atoms with E-state index in [4.69, 9.17) is 9.97 Å². The Morgan fingerprint density at radius 2 is 1.11 bits per heavy atom. The minimum Gasteiger partial charge on any atom is -0.340 e. The topological polar surface area (TPSA) is 104 Å². The van der Waals surface area contributed by atoms with Crippen molar-refractivity contribution in [3.63, 3.8) is 0 Å². The van der Waals surface area contributed by atoms with Crippen LogP contribution in [-0.4, -0.2) is 92.6 Å². The molecule has 54 heavy (non-hydrogen) atoms. The SMILES string of the molecule is CN(C)[C@@H](C(=O)N1CCC[C@H]1c1nc2cc(C#Cc3ccc4nc([C@@H]5CCCN5C(=O)[C@@H](c5ccccc5)N(C)C)[nH]c4c3)ccc2[nH]1)c1ccccc1. The summed E-state index contributed by atoms with van der Waals surface area (Å²) in [5, 5.41) is 0. The van der Waals surface area contributed by atoms with E-state index >= 15 is 0 Å². The number of nitrogens with zero attached hydrogens (tertiary/aromatic N) is 6. The summed E-state index contributed by atoms with van der Waals surface area (Å²) in [5.74, 6) is 8.47. The van der Waals surface area contributed by atoms with Crippen molar-refractivity contribution in [3.8, 4) is 11.8 Å². The molecule has 4 aromatic carbocycles. The van der Waals surface area contributed by atoms with Crippen LogP contribution in [0.25, 0.3) is 22.1 Å². The van der Waals surface area contributed by atoms with E-state index in [1.165, 1.54) is 0 Å². The monoisotopic (exact) mass is 718 g/mol. The third kappa shape index (κ3) is 6.89. The van der Waals surface area contributed by atoms with Gasteiger partial charge in [-0.1, -0.05) is 72.5 Å². The van der Waals surface area contributed by atoms with Crippen LogP contribution >= 0.6 is 0 Å². The average molecular weight is 719 g/mol. The first-order valence-electron chi connectivity index (χ1n) is 18.8. The first kappa shape index (κ1) is 35.3. The number of aromatic amines is 2. The molecule has 2 amide bonds. The fourth-order valence-electron chi connectivity index (χ4n) is 8.21. The summed E-state index contributed by atoms with van der Waals surface area (Å²) in [4.78, 5) is 52.8. The van der Waals surface area contributed by atoms with E-state index in [2.05, 4.69) is 21.8 Å². The summed E-state index contributed by atoms with van der Waals surface area (Å²) in [6.45, 7) is 1.41. The number of likely N-dealkylation sites (N-methyl/N-ethyl adjacent to an activating group) is 2. The first-order valence-corrected chi connectivity index (χ1v) is 18.8. The Bertz CT molecular complexity index is 2190. The van der Waals surface area contributed by atoms with Gasteiger partial charge in [-0.25, -0.2) is 9.97 Å². The Balaban J connectivity index is 0.992. The minimum absolute atomic E-state index is 0.0943. The molecule has 10 nitrogen and oxygen atoms in total. The highest BCUT2D eigenvalue weighted by Gasteiger charge is 2.38. The maximum absolute atomic E-state index is 13.9. The van der Waals surface area contributed by atoms with E-state index in [0.717, 1.165) is 81.7 Å². The molecular formula is C44H46N8O2. The summed E-state index contributed by atoms with van der Waals surface area (Å²) in [7, 11) is 7.82. The summed E-state index contributed by atoms with van der Waals surface area (Å²) >= 11 is 0. The molecule has 0 aliphatic carbocycles. The lowest BCUT2D eigenvalue weighted by molar-refractivity contribution is -0.138. The summed E-state index contributed by atoms with van der Waals surface area (Å²) in [6, 6.07) is 31.0. The van der Waals surface area contributed by atoms with Crippen LogP contribution in [0.1, 0.15) is 83.8 Å². The van der Waals surface area contributed by atoms with Crippen molar-refractivity contribution < 1.29 is 9.59 Å². The van der Waals surface area contributed by atoms with Crippen LogP contribution in [0, 0.1) is 11.8 Å². The lowest BCUT2D eigenvalue weighted by atomic mass is 10.0. The Kier molecular flexibility index (Phi) is 9.76. The second kappa shape index (κ2) is 14.9. The van der Waals surface area contributed by atoms with Gasteiger partial charge in [0.2, 0.25) is 11.8 Å². The summed E-state index contributed by atoms with van der Waals surface area (Å²) in [6.07, 6.45) is 3.60. The van der Waals surface area contributed by atoms with Gasteiger partial charge in [-0.15, -0.1) is 0 Å². The second-order valence-electron chi connectivity index (χ2n) is 14.9. The molecule has 0 saturated carbocycles. The standard InChI is InChI=1S/C44H46N8O2/c1-49(2)39(31-13-7-5-8-14-31)43(53)51-25-11-17-37(51)41-45-33-23-21-29(27-35(33)47-41)19-20-30-22-24-34-36(28-30)48-42(46-34)38-18-12-26-52(38)44(54)40(50(3)4)32-15-9-6-10-16-32/h5-10,13-16,21-24,27-28,37-40H,11-12,17-18,25-26H2,1-4H3,(H,45,47)(H,46,48)/t37-,38-,39+,40+/m0/s1. The van der Waals surface area contributed by atoms with E-state index in [1.807, 2.05) is 145 Å². The van der Waals surface area contributed by atoms with Gasteiger partial charge in [0.25, 0.3) is 0 Å². The molecule has 2 N–H and O–H groups in total. The molecule has 4 atom stereocenters. The fourth-order valence-corrected chi connectivity index (χ4v) is 8.21. The van der Waals surface area contributed by atoms with Crippen LogP contribution in [0.3, 0.4) is 0 Å². The average Bonchev–Trinajstić information content (AvgIpc) is 3.99. The minimum atomic E-state index is -0.354. The van der Waals surface area contributed by atoms with Crippen molar-refractivity contribution in [3.05, 3.63) is 131 Å². The summed E-state index contributed by atoms with van der Waals surface area (Å²) < 4.78 is 0. The molecule has 2 fully saturated rings. The number of amides is 2. The van der Waals surface area contributed by atoms with Crippen LogP contribution in [0.2, 0.25) is 0 Å². The highest BCUT2D eigenvalue weighted by molar-refractivity contribution is 5.85. The predicted molar refractivity (Wildman–Crippen MR) is 211 cm³/mol. The van der Waals surface area contributed by atoms with Gasteiger partial charge in [-0.3, -0.25) is 19.4 Å². The lowest BCUT2D eigenvalue weighted by Gasteiger charge is -2.31. The summed E-state index contributed by atoms with van der Waals surface area (Å²) in [5.41, 5.74) is 7.21. The number of rotatable bonds is 8. The fraction of sp³-hybridized carbons (Fsp3) is 0.318. The van der Waals surface area contributed by atoms with Gasteiger partial charge in [-0.2, -0.15) is 0 Å². The number of carbonyl (C=O) groups is 2. The molecule has 274 valence electrons. The Labute approximate surface area is 316 Å². The number of hydrogen-bond acceptors (Lipinski definition) is 6. The molecule has 0 spiro atoms. The number of aromatic nitrogens is 4. The molecule has 4 heterocycles. The van der Waals surface area contributed by atoms with E-state index < -0.39 is 0 Å². The molecule has 2 aromatic heterocycles. The zero-order valence-electron chi connectivity index (χ0n) is 31.3. The highest BCUT2D eigenvalue weighted by Crippen LogP contribution is 2.36. The molecule has 0 radical (unpaired) electrons. The van der Waals surface area contributed by atoms with Crippen molar-refractivity contribution in [1.82, 2.24) is 39.5 Å². The molecule has 2 aliphatic heterocycles. The number of carbonyl (C=O) groups excluding carboxylic acids is 2. The molecule has 0 bridgehead atoms. The molecule has 6 aromatic rings. The molecule has 2 saturated heterocycles. The number of nitrogens with one attached hydrogen (secondary N) is 2. The van der Waals surface area contributed by atoms with Crippen LogP contribution < -0.4 is 0 Å². The number of benzene rings is 4. The van der Waals surface area contributed by atoms with Gasteiger partial charge in [0.05, 0.1) is 34.2 Å². The van der Waals surface area contributed by atoms with Crippen molar-refractivity contribution >= 4 is 33.9 Å². The third-order valence-electron chi connectivity index (χ3n) is 10.8. The predicted octanol–water partition coefficient (Wildman–Crippen LogP) is 6.77. The third-order valence-corrected chi connectivity index (χ3v) is 10.8. The molecule has 8 rings (SSSR count). The van der Waals surface area contributed by atoms with Crippen molar-refractivity contribution in [2.75, 3.05) is 41.3 Å². The molecule has 2 aliphatic rings. The van der Waals surface area contributed by atoms with Gasteiger partial charge >= 0.3 is 0 Å². The van der Waals surface area contributed by atoms with Gasteiger partial charge in [0.15, 0.2) is 0 Å². The lowest BCUT2D eigenvalue weighted by Crippen LogP contribution is -2.40. The molecular weight excluding hydrogens is 673 g/mol. The van der Waals surface area contributed by atoms with Crippen molar-refractivity contribution in [2.45, 2.75) is 49.9 Å². The van der Waals surface area contributed by atoms with Gasteiger partial charge in [0, 0.05) is 24.2 Å². The zero-order chi connectivity index (χ0) is 37.3. The highest BCUT2D eigenvalue weighted by atomic mass is 16.2. The maximum atomic E-state index is 13.9. The normalized spacial score (nSPS) is 18.4. The van der Waals surface area contributed by atoms with Gasteiger partial charge in [-0.05, 0) is 101 Å². The first-order chi connectivity index (χ1) is 26.2. The van der Waals surface area contributed by atoms with Gasteiger partial charge in [0.1, 0.15) is 23.7 Å². The van der Waals surface area contributed by atoms with Crippen molar-refractivity contribution in [2.24, 2.45) is 0 Å². The van der Waals surface area contributed by atoms with Crippen LogP contribution in [0.15, 0.2) is 97.1 Å². The van der Waals surface area contributed by atoms with E-state index in [1.54, 1.807) is 0 Å². The Morgan fingerprint density at radius 1 is 0.630 bits per heavy atom. The number of fused-ring (bicyclic) bond motifs is 2. The molecule has 0 unspecified atom stereocenters. The smallest absolute Gasteiger partial charge is 0.245 e. The molecule has 10 heteroatoms. The number of H-pyrrole nitrogens is 2. The van der Waals surface area contributed by atoms with Gasteiger partial charge < -0.3 is 19.8 Å². The number of hydrogen-bond donors (Lipinski definition) is 2. The van der Waals surface area contributed by atoms with E-state index in [-0.39, 0.29) is 36.0 Å². The Hall–Kier alpha value is -5.76. The Morgan fingerprint density at radius 3 is 1.65 bits per heavy atom. The number of likely N-dealkylation sites (tertiary alicyclic amines) is 2. The quantitative estimate of drug-likeness (QED) is 0.169. The van der Waals surface area contributed by atoms with Crippen molar-refractivity contribution in [1.29, 1.82) is 0 Å². The van der Waals surface area contributed by atoms with E-state index in [0.29, 0.717) is 13.1 Å². The second-order valence-corrected chi connectivity index (χ2v) is 14.9. The van der Waals surface area contributed by atoms with Crippen LogP contribution in [0.4, 0.5) is 0 Å². The maximum Gasteiger partial charge on any atom is 0.245 e. The van der Waals surface area contributed by atoms with E-state index in [9.17, 15) is 9.59 Å². The van der Waals surface area contributed by atoms with Crippen LogP contribution in [-0.2, 0) is 9.59 Å². The largest absolute Gasteiger partial charge is 0.340 e. The number of imidazole rings is 2. The van der Waals surface area contributed by atoms with Crippen LogP contribution in [0.5, 0.6) is 0 Å².